The molecule has 0 bridgehead atoms. The summed E-state index contributed by atoms with van der Waals surface area (Å²) in [6.45, 7) is 5.72. The van der Waals surface area contributed by atoms with E-state index in [2.05, 4.69) is 46.4 Å². The number of ether oxygens (including phenoxy) is 2. The second-order valence-electron chi connectivity index (χ2n) is 7.27. The Morgan fingerprint density at radius 1 is 1.13 bits per heavy atom. The molecule has 0 aliphatic carbocycles. The van der Waals surface area contributed by atoms with Crippen molar-refractivity contribution in [1.82, 2.24) is 19.9 Å². The fourth-order valence-electron chi connectivity index (χ4n) is 3.58. The maximum atomic E-state index is 6.05. The number of hydrogen-bond donors (Lipinski definition) is 0. The van der Waals surface area contributed by atoms with Gasteiger partial charge in [0, 0.05) is 0 Å². The average molecular weight is 402 g/mol. The lowest BCUT2D eigenvalue weighted by Crippen LogP contribution is -2.21. The molecule has 0 saturated heterocycles. The summed E-state index contributed by atoms with van der Waals surface area (Å²) >= 11 is 0. The number of nitrogens with zero attached hydrogens (tertiary/aromatic N) is 4. The molecule has 1 aliphatic heterocycles. The highest BCUT2D eigenvalue weighted by molar-refractivity contribution is 5.65. The van der Waals surface area contributed by atoms with Gasteiger partial charge in [0.25, 0.3) is 5.89 Å². The molecule has 5 rings (SSSR count). The second kappa shape index (κ2) is 7.76. The van der Waals surface area contributed by atoms with Crippen LogP contribution < -0.4 is 4.74 Å². The van der Waals surface area contributed by atoms with Crippen LogP contribution in [0.2, 0.25) is 0 Å². The second-order valence-corrected chi connectivity index (χ2v) is 7.27. The van der Waals surface area contributed by atoms with Crippen LogP contribution in [0.3, 0.4) is 0 Å². The Labute approximate surface area is 174 Å². The van der Waals surface area contributed by atoms with Crippen molar-refractivity contribution in [1.29, 1.82) is 0 Å². The van der Waals surface area contributed by atoms with Gasteiger partial charge in [-0.1, -0.05) is 47.1 Å². The van der Waals surface area contributed by atoms with Gasteiger partial charge in [-0.2, -0.15) is 10.1 Å². The Bertz CT molecular complexity index is 1160. The molecule has 7 heteroatoms. The van der Waals surface area contributed by atoms with E-state index in [4.69, 9.17) is 14.0 Å². The number of para-hydroxylation sites is 1. The number of benzene rings is 2. The zero-order chi connectivity index (χ0) is 20.5. The minimum absolute atomic E-state index is 0.0258. The molecule has 0 radical (unpaired) electrons. The SMILES string of the molecule is CCOc1ccccc1-c1noc(-c2cc3n(n2)CC(c2ccc(C)cc2)OC3)n1. The van der Waals surface area contributed by atoms with Crippen LogP contribution in [0.15, 0.2) is 59.1 Å². The van der Waals surface area contributed by atoms with Crippen molar-refractivity contribution in [3.05, 3.63) is 71.4 Å². The Morgan fingerprint density at radius 2 is 1.97 bits per heavy atom. The molecule has 7 nitrogen and oxygen atoms in total. The van der Waals surface area contributed by atoms with Crippen LogP contribution in [0.1, 0.15) is 29.8 Å². The minimum Gasteiger partial charge on any atom is -0.493 e. The zero-order valence-corrected chi connectivity index (χ0v) is 16.9. The minimum atomic E-state index is -0.0258. The molecule has 30 heavy (non-hydrogen) atoms. The molecular formula is C23H22N4O3. The van der Waals surface area contributed by atoms with E-state index in [0.29, 0.717) is 37.2 Å². The molecule has 0 spiro atoms. The van der Waals surface area contributed by atoms with E-state index < -0.39 is 0 Å². The van der Waals surface area contributed by atoms with Crippen molar-refractivity contribution in [2.75, 3.05) is 6.61 Å². The fourth-order valence-corrected chi connectivity index (χ4v) is 3.58. The lowest BCUT2D eigenvalue weighted by atomic mass is 10.1. The highest BCUT2D eigenvalue weighted by atomic mass is 16.5. The molecule has 2 aromatic heterocycles. The largest absolute Gasteiger partial charge is 0.493 e. The molecule has 4 aromatic rings. The third-order valence-corrected chi connectivity index (χ3v) is 5.16. The summed E-state index contributed by atoms with van der Waals surface area (Å²) in [6.07, 6.45) is -0.0258. The quantitative estimate of drug-likeness (QED) is 0.486. The maximum absolute atomic E-state index is 6.05. The van der Waals surface area contributed by atoms with E-state index in [1.165, 1.54) is 5.56 Å². The molecule has 0 fully saturated rings. The zero-order valence-electron chi connectivity index (χ0n) is 16.9. The van der Waals surface area contributed by atoms with Crippen LogP contribution in [-0.2, 0) is 17.9 Å². The maximum Gasteiger partial charge on any atom is 0.278 e. The summed E-state index contributed by atoms with van der Waals surface area (Å²) in [5, 5.41) is 8.83. The molecule has 0 amide bonds. The van der Waals surface area contributed by atoms with Gasteiger partial charge in [0.1, 0.15) is 11.9 Å². The summed E-state index contributed by atoms with van der Waals surface area (Å²) < 4.78 is 19.2. The van der Waals surface area contributed by atoms with Gasteiger partial charge >= 0.3 is 0 Å². The lowest BCUT2D eigenvalue weighted by molar-refractivity contribution is -0.00113. The van der Waals surface area contributed by atoms with E-state index >= 15 is 0 Å². The summed E-state index contributed by atoms with van der Waals surface area (Å²) in [6, 6.07) is 18.0. The number of hydrogen-bond acceptors (Lipinski definition) is 6. The molecule has 152 valence electrons. The van der Waals surface area contributed by atoms with E-state index in [9.17, 15) is 0 Å². The van der Waals surface area contributed by atoms with E-state index in [1.54, 1.807) is 0 Å². The van der Waals surface area contributed by atoms with Crippen molar-refractivity contribution < 1.29 is 14.0 Å². The number of aromatic nitrogens is 4. The summed E-state index contributed by atoms with van der Waals surface area (Å²) in [7, 11) is 0. The average Bonchev–Trinajstić information content (AvgIpc) is 3.41. The predicted molar refractivity (Wildman–Crippen MR) is 111 cm³/mol. The van der Waals surface area contributed by atoms with Gasteiger partial charge in [0.2, 0.25) is 5.82 Å². The van der Waals surface area contributed by atoms with Gasteiger partial charge in [-0.3, -0.25) is 4.68 Å². The number of aryl methyl sites for hydroxylation is 1. The van der Waals surface area contributed by atoms with Gasteiger partial charge in [0.05, 0.1) is 31.0 Å². The predicted octanol–water partition coefficient (Wildman–Crippen LogP) is 4.58. The van der Waals surface area contributed by atoms with E-state index in [-0.39, 0.29) is 6.10 Å². The molecule has 1 aliphatic rings. The summed E-state index contributed by atoms with van der Waals surface area (Å²) in [4.78, 5) is 4.55. The van der Waals surface area contributed by atoms with Crippen LogP contribution in [0.5, 0.6) is 5.75 Å². The Hall–Kier alpha value is -3.45. The molecule has 2 aromatic carbocycles. The van der Waals surface area contributed by atoms with Gasteiger partial charge in [-0.15, -0.1) is 0 Å². The topological polar surface area (TPSA) is 75.2 Å². The molecule has 0 N–H and O–H groups in total. The molecule has 0 saturated carbocycles. The molecular weight excluding hydrogens is 380 g/mol. The van der Waals surface area contributed by atoms with Gasteiger partial charge in [0.15, 0.2) is 5.69 Å². The molecule has 1 unspecified atom stereocenters. The third-order valence-electron chi connectivity index (χ3n) is 5.16. The van der Waals surface area contributed by atoms with Gasteiger partial charge in [-0.05, 0) is 37.6 Å². The Morgan fingerprint density at radius 3 is 2.80 bits per heavy atom. The highest BCUT2D eigenvalue weighted by Crippen LogP contribution is 2.31. The van der Waals surface area contributed by atoms with Crippen LogP contribution in [-0.4, -0.2) is 26.5 Å². The fraction of sp³-hybridized carbons (Fsp3) is 0.261. The van der Waals surface area contributed by atoms with Crippen LogP contribution in [0, 0.1) is 6.92 Å². The van der Waals surface area contributed by atoms with Crippen molar-refractivity contribution in [2.45, 2.75) is 33.1 Å². The Balaban J connectivity index is 1.40. The molecule has 3 heterocycles. The van der Waals surface area contributed by atoms with Gasteiger partial charge in [-0.25, -0.2) is 0 Å². The number of rotatable bonds is 5. The normalized spacial score (nSPS) is 15.7. The first-order valence-electron chi connectivity index (χ1n) is 10.0. The van der Waals surface area contributed by atoms with Crippen LogP contribution >= 0.6 is 0 Å². The Kier molecular flexibility index (Phi) is 4.80. The molecule has 1 atom stereocenters. The van der Waals surface area contributed by atoms with Crippen molar-refractivity contribution >= 4 is 0 Å². The monoisotopic (exact) mass is 402 g/mol. The van der Waals surface area contributed by atoms with Crippen molar-refractivity contribution in [3.63, 3.8) is 0 Å². The highest BCUT2D eigenvalue weighted by Gasteiger charge is 2.24. The van der Waals surface area contributed by atoms with E-state index in [0.717, 1.165) is 22.6 Å². The summed E-state index contributed by atoms with van der Waals surface area (Å²) in [5.74, 6) is 1.59. The van der Waals surface area contributed by atoms with Crippen LogP contribution in [0.25, 0.3) is 23.0 Å². The number of fused-ring (bicyclic) bond motifs is 1. The first-order chi connectivity index (χ1) is 14.7. The third kappa shape index (κ3) is 3.48. The first kappa shape index (κ1) is 18.6. The van der Waals surface area contributed by atoms with Crippen molar-refractivity contribution in [2.24, 2.45) is 0 Å². The van der Waals surface area contributed by atoms with Crippen LogP contribution in [0.4, 0.5) is 0 Å². The standard InChI is InChI=1S/C23H22N4O3/c1-3-28-20-7-5-4-6-18(20)22-24-23(30-26-22)19-12-17-14-29-21(13-27(17)25-19)16-10-8-15(2)9-11-16/h4-12,21H,3,13-14H2,1-2H3. The first-order valence-corrected chi connectivity index (χ1v) is 10.0. The summed E-state index contributed by atoms with van der Waals surface area (Å²) in [5.41, 5.74) is 4.81. The lowest BCUT2D eigenvalue weighted by Gasteiger charge is -2.24. The van der Waals surface area contributed by atoms with Gasteiger partial charge < -0.3 is 14.0 Å². The smallest absolute Gasteiger partial charge is 0.278 e. The van der Waals surface area contributed by atoms with E-state index in [1.807, 2.05) is 41.9 Å². The van der Waals surface area contributed by atoms with Crippen molar-refractivity contribution in [3.8, 4) is 28.7 Å².